The highest BCUT2D eigenvalue weighted by molar-refractivity contribution is 5.32. The van der Waals surface area contributed by atoms with Crippen LogP contribution in [0, 0.1) is 0 Å². The minimum atomic E-state index is -0.451. The quantitative estimate of drug-likeness (QED) is 0.824. The van der Waals surface area contributed by atoms with Crippen molar-refractivity contribution in [3.63, 3.8) is 0 Å². The van der Waals surface area contributed by atoms with Gasteiger partial charge in [0.05, 0.1) is 12.6 Å². The molecule has 134 valence electrons. The summed E-state index contributed by atoms with van der Waals surface area (Å²) < 4.78 is 0. The molecule has 1 fully saturated rings. The van der Waals surface area contributed by atoms with Gasteiger partial charge in [-0.1, -0.05) is 30.3 Å². The van der Waals surface area contributed by atoms with Crippen LogP contribution in [0.15, 0.2) is 30.3 Å². The predicted octanol–water partition coefficient (Wildman–Crippen LogP) is 1.61. The van der Waals surface area contributed by atoms with E-state index in [4.69, 9.17) is 5.73 Å². The van der Waals surface area contributed by atoms with E-state index in [1.807, 2.05) is 49.3 Å². The van der Waals surface area contributed by atoms with Crippen LogP contribution in [0.5, 0.6) is 0 Å². The molecule has 1 aliphatic rings. The maximum Gasteiger partial charge on any atom is 0.229 e. The first-order valence-corrected chi connectivity index (χ1v) is 8.67. The van der Waals surface area contributed by atoms with Crippen molar-refractivity contribution in [2.45, 2.75) is 38.0 Å². The Morgan fingerprint density at radius 1 is 1.24 bits per heavy atom. The first kappa shape index (κ1) is 17.6. The second-order valence-corrected chi connectivity index (χ2v) is 6.73. The predicted molar refractivity (Wildman–Crippen MR) is 98.0 cm³/mol. The average Bonchev–Trinajstić information content (AvgIpc) is 3.01. The lowest BCUT2D eigenvalue weighted by Crippen LogP contribution is -2.31. The van der Waals surface area contributed by atoms with E-state index in [9.17, 15) is 5.11 Å². The highest BCUT2D eigenvalue weighted by Gasteiger charge is 2.28. The Labute approximate surface area is 148 Å². The van der Waals surface area contributed by atoms with E-state index in [-0.39, 0.29) is 5.95 Å². The third kappa shape index (κ3) is 4.43. The Hall–Kier alpha value is -2.25. The van der Waals surface area contributed by atoms with E-state index in [1.165, 1.54) is 0 Å². The van der Waals surface area contributed by atoms with E-state index >= 15 is 0 Å². The molecule has 0 spiro atoms. The fraction of sp³-hybridized carbons (Fsp3) is 0.500. The summed E-state index contributed by atoms with van der Waals surface area (Å²) >= 11 is 0. The van der Waals surface area contributed by atoms with Gasteiger partial charge in [-0.3, -0.25) is 4.90 Å². The summed E-state index contributed by atoms with van der Waals surface area (Å²) in [5.41, 5.74) is 6.78. The third-order valence-electron chi connectivity index (χ3n) is 4.61. The highest BCUT2D eigenvalue weighted by atomic mass is 16.3. The molecule has 0 aliphatic carbocycles. The summed E-state index contributed by atoms with van der Waals surface area (Å²) in [6.45, 7) is 1.61. The number of nitrogen functional groups attached to an aromatic ring is 1. The summed E-state index contributed by atoms with van der Waals surface area (Å²) in [4.78, 5) is 17.1. The van der Waals surface area contributed by atoms with Gasteiger partial charge in [0, 0.05) is 20.1 Å². The second-order valence-electron chi connectivity index (χ2n) is 6.73. The zero-order valence-electron chi connectivity index (χ0n) is 14.8. The van der Waals surface area contributed by atoms with Crippen molar-refractivity contribution in [1.82, 2.24) is 19.9 Å². The van der Waals surface area contributed by atoms with Crippen molar-refractivity contribution in [3.05, 3.63) is 41.7 Å². The molecule has 2 heterocycles. The van der Waals surface area contributed by atoms with Crippen LogP contribution >= 0.6 is 0 Å². The smallest absolute Gasteiger partial charge is 0.229 e. The SMILES string of the molecule is CN(C)c1nc(N)nc(CN2CCC[C@@H]2C[C@H](O)c2ccccc2)n1. The summed E-state index contributed by atoms with van der Waals surface area (Å²) in [6, 6.07) is 10.1. The van der Waals surface area contributed by atoms with Gasteiger partial charge in [-0.15, -0.1) is 0 Å². The van der Waals surface area contributed by atoms with Gasteiger partial charge in [-0.05, 0) is 31.4 Å². The van der Waals surface area contributed by atoms with Crippen LogP contribution in [-0.4, -0.2) is 51.6 Å². The molecule has 0 bridgehead atoms. The Kier molecular flexibility index (Phi) is 5.45. The fourth-order valence-corrected chi connectivity index (χ4v) is 3.32. The molecular formula is C18H26N6O. The maximum absolute atomic E-state index is 10.5. The van der Waals surface area contributed by atoms with E-state index in [0.29, 0.717) is 30.8 Å². The van der Waals surface area contributed by atoms with Crippen LogP contribution in [-0.2, 0) is 6.54 Å². The minimum Gasteiger partial charge on any atom is -0.388 e. The molecular weight excluding hydrogens is 316 g/mol. The molecule has 3 N–H and O–H groups in total. The molecule has 2 atom stereocenters. The van der Waals surface area contributed by atoms with Gasteiger partial charge in [0.15, 0.2) is 0 Å². The van der Waals surface area contributed by atoms with Crippen molar-refractivity contribution >= 4 is 11.9 Å². The lowest BCUT2D eigenvalue weighted by atomic mass is 10.0. The van der Waals surface area contributed by atoms with E-state index in [0.717, 1.165) is 24.9 Å². The minimum absolute atomic E-state index is 0.244. The molecule has 7 nitrogen and oxygen atoms in total. The van der Waals surface area contributed by atoms with E-state index in [2.05, 4.69) is 19.9 Å². The van der Waals surface area contributed by atoms with Crippen molar-refractivity contribution in [3.8, 4) is 0 Å². The molecule has 1 aromatic heterocycles. The second kappa shape index (κ2) is 7.76. The Morgan fingerprint density at radius 3 is 2.72 bits per heavy atom. The molecule has 1 aromatic carbocycles. The van der Waals surface area contributed by atoms with Crippen LogP contribution in [0.1, 0.15) is 36.8 Å². The Balaban J connectivity index is 1.68. The van der Waals surface area contributed by atoms with Gasteiger partial charge in [-0.25, -0.2) is 0 Å². The van der Waals surface area contributed by atoms with Crippen LogP contribution < -0.4 is 10.6 Å². The number of nitrogens with zero attached hydrogens (tertiary/aromatic N) is 5. The molecule has 0 unspecified atom stereocenters. The molecule has 2 aromatic rings. The van der Waals surface area contributed by atoms with Crippen molar-refractivity contribution in [1.29, 1.82) is 0 Å². The fourth-order valence-electron chi connectivity index (χ4n) is 3.32. The summed E-state index contributed by atoms with van der Waals surface area (Å²) in [6.07, 6.45) is 2.45. The lowest BCUT2D eigenvalue weighted by Gasteiger charge is -2.26. The lowest BCUT2D eigenvalue weighted by molar-refractivity contribution is 0.117. The van der Waals surface area contributed by atoms with Gasteiger partial charge in [0.1, 0.15) is 5.82 Å². The molecule has 0 radical (unpaired) electrons. The number of aliphatic hydroxyl groups excluding tert-OH is 1. The largest absolute Gasteiger partial charge is 0.388 e. The van der Waals surface area contributed by atoms with E-state index < -0.39 is 6.10 Å². The maximum atomic E-state index is 10.5. The standard InChI is InChI=1S/C18H26N6O/c1-23(2)18-21-16(20-17(19)22-18)12-24-10-6-9-14(24)11-15(25)13-7-4-3-5-8-13/h3-5,7-8,14-15,25H,6,9-12H2,1-2H3,(H2,19,20,21,22)/t14-,15+/m1/s1. The van der Waals surface area contributed by atoms with Crippen molar-refractivity contribution in [2.75, 3.05) is 31.3 Å². The van der Waals surface area contributed by atoms with Crippen LogP contribution in [0.25, 0.3) is 0 Å². The van der Waals surface area contributed by atoms with Gasteiger partial charge < -0.3 is 15.7 Å². The normalized spacial score (nSPS) is 19.1. The molecule has 25 heavy (non-hydrogen) atoms. The van der Waals surface area contributed by atoms with Gasteiger partial charge >= 0.3 is 0 Å². The topological polar surface area (TPSA) is 91.4 Å². The third-order valence-corrected chi connectivity index (χ3v) is 4.61. The highest BCUT2D eigenvalue weighted by Crippen LogP contribution is 2.28. The van der Waals surface area contributed by atoms with Crippen molar-refractivity contribution in [2.24, 2.45) is 0 Å². The molecule has 0 amide bonds. The molecule has 1 aliphatic heterocycles. The Bertz CT molecular complexity index is 693. The van der Waals surface area contributed by atoms with Gasteiger partial charge in [0.2, 0.25) is 11.9 Å². The van der Waals surface area contributed by atoms with Crippen LogP contribution in [0.2, 0.25) is 0 Å². The number of nitrogens with two attached hydrogens (primary N) is 1. The number of aromatic nitrogens is 3. The zero-order valence-corrected chi connectivity index (χ0v) is 14.8. The van der Waals surface area contributed by atoms with Gasteiger partial charge in [0.25, 0.3) is 0 Å². The Morgan fingerprint density at radius 2 is 2.00 bits per heavy atom. The monoisotopic (exact) mass is 342 g/mol. The number of hydrogen-bond acceptors (Lipinski definition) is 7. The number of rotatable bonds is 6. The number of benzene rings is 1. The molecule has 7 heteroatoms. The zero-order chi connectivity index (χ0) is 17.8. The number of hydrogen-bond donors (Lipinski definition) is 2. The summed E-state index contributed by atoms with van der Waals surface area (Å²) in [5.74, 6) is 1.49. The average molecular weight is 342 g/mol. The van der Waals surface area contributed by atoms with Crippen LogP contribution in [0.3, 0.4) is 0 Å². The molecule has 3 rings (SSSR count). The number of likely N-dealkylation sites (tertiary alicyclic amines) is 1. The number of anilines is 2. The van der Waals surface area contributed by atoms with Crippen molar-refractivity contribution < 1.29 is 5.11 Å². The number of aliphatic hydroxyl groups is 1. The molecule has 0 saturated carbocycles. The van der Waals surface area contributed by atoms with Gasteiger partial charge in [-0.2, -0.15) is 15.0 Å². The summed E-state index contributed by atoms with van der Waals surface area (Å²) in [7, 11) is 3.76. The van der Waals surface area contributed by atoms with E-state index in [1.54, 1.807) is 0 Å². The molecule has 1 saturated heterocycles. The summed E-state index contributed by atoms with van der Waals surface area (Å²) in [5, 5.41) is 10.5. The first-order chi connectivity index (χ1) is 12.0. The first-order valence-electron chi connectivity index (χ1n) is 8.67. The van der Waals surface area contributed by atoms with Crippen LogP contribution in [0.4, 0.5) is 11.9 Å².